The highest BCUT2D eigenvalue weighted by Gasteiger charge is 2.15. The first kappa shape index (κ1) is 20.3. The van der Waals surface area contributed by atoms with E-state index in [1.807, 2.05) is 90.4 Å². The maximum Gasteiger partial charge on any atom is 0.261 e. The molecule has 31 heavy (non-hydrogen) atoms. The summed E-state index contributed by atoms with van der Waals surface area (Å²) < 4.78 is 1.77. The molecule has 152 valence electrons. The molecule has 1 amide bonds. The molecule has 0 atom stereocenters. The van der Waals surface area contributed by atoms with Crippen LogP contribution in [0, 0.1) is 11.3 Å². The molecular formula is C25H20N4OS. The second kappa shape index (κ2) is 9.70. The van der Waals surface area contributed by atoms with Gasteiger partial charge in [-0.2, -0.15) is 10.4 Å². The van der Waals surface area contributed by atoms with Gasteiger partial charge in [-0.15, -0.1) is 11.3 Å². The third kappa shape index (κ3) is 4.97. The highest BCUT2D eigenvalue weighted by Crippen LogP contribution is 2.29. The summed E-state index contributed by atoms with van der Waals surface area (Å²) in [5.74, 6) is -0.386. The van der Waals surface area contributed by atoms with Crippen molar-refractivity contribution in [1.82, 2.24) is 15.1 Å². The number of carbonyl (C=O) groups is 1. The Bertz CT molecular complexity index is 1220. The van der Waals surface area contributed by atoms with E-state index >= 15 is 0 Å². The van der Waals surface area contributed by atoms with E-state index in [1.54, 1.807) is 22.1 Å². The number of carbonyl (C=O) groups excluding carboxylic acids is 1. The molecule has 0 spiro atoms. The zero-order chi connectivity index (χ0) is 21.5. The SMILES string of the molecule is N#C/C(=C/c1cn(-c2ccccc2)nc1-c1cccs1)C(=O)NCCc1ccccc1. The molecule has 4 aromatic rings. The summed E-state index contributed by atoms with van der Waals surface area (Å²) >= 11 is 1.56. The molecule has 0 aliphatic heterocycles. The van der Waals surface area contributed by atoms with Gasteiger partial charge < -0.3 is 5.32 Å². The normalized spacial score (nSPS) is 11.1. The van der Waals surface area contributed by atoms with Crippen molar-refractivity contribution in [3.63, 3.8) is 0 Å². The number of nitrogens with one attached hydrogen (secondary N) is 1. The number of hydrogen-bond acceptors (Lipinski definition) is 4. The molecule has 6 heteroatoms. The van der Waals surface area contributed by atoms with Gasteiger partial charge in [-0.3, -0.25) is 4.79 Å². The number of rotatable bonds is 7. The van der Waals surface area contributed by atoms with E-state index in [4.69, 9.17) is 5.10 Å². The van der Waals surface area contributed by atoms with Crippen LogP contribution in [0.3, 0.4) is 0 Å². The molecule has 0 saturated heterocycles. The van der Waals surface area contributed by atoms with Gasteiger partial charge in [0.25, 0.3) is 5.91 Å². The topological polar surface area (TPSA) is 70.7 Å². The van der Waals surface area contributed by atoms with Crippen molar-refractivity contribution in [3.8, 4) is 22.3 Å². The average molecular weight is 425 g/mol. The molecule has 0 radical (unpaired) electrons. The van der Waals surface area contributed by atoms with Crippen LogP contribution in [-0.2, 0) is 11.2 Å². The van der Waals surface area contributed by atoms with Gasteiger partial charge >= 0.3 is 0 Å². The standard InChI is InChI=1S/C25H20N4OS/c26-17-20(25(30)27-14-13-19-8-3-1-4-9-19)16-21-18-29(22-10-5-2-6-11-22)28-24(21)23-12-7-15-31-23/h1-12,15-16,18H,13-14H2,(H,27,30)/b20-16-. The van der Waals surface area contributed by atoms with Crippen molar-refractivity contribution < 1.29 is 4.79 Å². The predicted octanol–water partition coefficient (Wildman–Crippen LogP) is 4.87. The number of benzene rings is 2. The van der Waals surface area contributed by atoms with Crippen LogP contribution in [0.1, 0.15) is 11.1 Å². The second-order valence-electron chi connectivity index (χ2n) is 6.85. The van der Waals surface area contributed by atoms with Crippen molar-refractivity contribution in [2.24, 2.45) is 0 Å². The predicted molar refractivity (Wildman–Crippen MR) is 124 cm³/mol. The Labute approximate surface area is 184 Å². The zero-order valence-corrected chi connectivity index (χ0v) is 17.5. The number of para-hydroxylation sites is 1. The van der Waals surface area contributed by atoms with Crippen LogP contribution in [-0.4, -0.2) is 22.2 Å². The maximum absolute atomic E-state index is 12.6. The number of hydrogen-bond donors (Lipinski definition) is 1. The largest absolute Gasteiger partial charge is 0.351 e. The van der Waals surface area contributed by atoms with Crippen LogP contribution in [0.25, 0.3) is 22.3 Å². The molecule has 4 rings (SSSR count). The molecule has 0 bridgehead atoms. The Hall–Kier alpha value is -3.95. The minimum Gasteiger partial charge on any atom is -0.351 e. The Kier molecular flexibility index (Phi) is 6.36. The molecule has 1 N–H and O–H groups in total. The number of amides is 1. The van der Waals surface area contributed by atoms with Crippen molar-refractivity contribution in [3.05, 3.63) is 101 Å². The average Bonchev–Trinajstić information content (AvgIpc) is 3.48. The quantitative estimate of drug-likeness (QED) is 0.340. The highest BCUT2D eigenvalue weighted by atomic mass is 32.1. The van der Waals surface area contributed by atoms with Crippen LogP contribution in [0.4, 0.5) is 0 Å². The number of nitriles is 1. The van der Waals surface area contributed by atoms with Gasteiger partial charge in [0.15, 0.2) is 0 Å². The molecule has 0 saturated carbocycles. The van der Waals surface area contributed by atoms with Crippen LogP contribution in [0.2, 0.25) is 0 Å². The number of thiophene rings is 1. The van der Waals surface area contributed by atoms with Crippen LogP contribution < -0.4 is 5.32 Å². The molecule has 0 aliphatic rings. The third-order valence-electron chi connectivity index (χ3n) is 4.72. The molecule has 2 heterocycles. The van der Waals surface area contributed by atoms with Crippen molar-refractivity contribution in [1.29, 1.82) is 5.26 Å². The lowest BCUT2D eigenvalue weighted by Gasteiger charge is -2.04. The molecule has 2 aromatic heterocycles. The van der Waals surface area contributed by atoms with E-state index in [0.717, 1.165) is 27.4 Å². The minimum absolute atomic E-state index is 0.0541. The lowest BCUT2D eigenvalue weighted by Crippen LogP contribution is -2.26. The summed E-state index contributed by atoms with van der Waals surface area (Å²) in [4.78, 5) is 13.6. The van der Waals surface area contributed by atoms with Gasteiger partial charge in [-0.25, -0.2) is 4.68 Å². The smallest absolute Gasteiger partial charge is 0.261 e. The maximum atomic E-state index is 12.6. The summed E-state index contributed by atoms with van der Waals surface area (Å²) in [6.07, 6.45) is 4.16. The highest BCUT2D eigenvalue weighted by molar-refractivity contribution is 7.13. The van der Waals surface area contributed by atoms with E-state index in [1.165, 1.54) is 0 Å². The Balaban J connectivity index is 1.58. The van der Waals surface area contributed by atoms with E-state index in [2.05, 4.69) is 5.32 Å². The van der Waals surface area contributed by atoms with E-state index < -0.39 is 0 Å². The monoisotopic (exact) mass is 424 g/mol. The molecule has 5 nitrogen and oxygen atoms in total. The summed E-state index contributed by atoms with van der Waals surface area (Å²) in [5.41, 5.74) is 3.56. The first-order valence-electron chi connectivity index (χ1n) is 9.87. The zero-order valence-electron chi connectivity index (χ0n) is 16.7. The first-order valence-corrected chi connectivity index (χ1v) is 10.8. The summed E-state index contributed by atoms with van der Waals surface area (Å²) in [5, 5.41) is 19.1. The number of aromatic nitrogens is 2. The van der Waals surface area contributed by atoms with E-state index in [0.29, 0.717) is 13.0 Å². The van der Waals surface area contributed by atoms with Gasteiger partial charge in [0, 0.05) is 18.3 Å². The van der Waals surface area contributed by atoms with Gasteiger partial charge in [0.2, 0.25) is 0 Å². The molecular weight excluding hydrogens is 404 g/mol. The van der Waals surface area contributed by atoms with Crippen LogP contribution >= 0.6 is 11.3 Å². The van der Waals surface area contributed by atoms with E-state index in [9.17, 15) is 10.1 Å². The fourth-order valence-electron chi connectivity index (χ4n) is 3.18. The summed E-state index contributed by atoms with van der Waals surface area (Å²) in [6, 6.07) is 25.6. The van der Waals surface area contributed by atoms with Gasteiger partial charge in [0.05, 0.1) is 10.6 Å². The van der Waals surface area contributed by atoms with Crippen molar-refractivity contribution >= 4 is 23.3 Å². The minimum atomic E-state index is -0.386. The summed E-state index contributed by atoms with van der Waals surface area (Å²) in [6.45, 7) is 0.461. The first-order chi connectivity index (χ1) is 15.2. The Morgan fingerprint density at radius 1 is 1.06 bits per heavy atom. The Morgan fingerprint density at radius 3 is 2.48 bits per heavy atom. The van der Waals surface area contributed by atoms with Crippen LogP contribution in [0.5, 0.6) is 0 Å². The number of nitrogens with zero attached hydrogens (tertiary/aromatic N) is 3. The lowest BCUT2D eigenvalue weighted by molar-refractivity contribution is -0.117. The molecule has 0 aliphatic carbocycles. The fraction of sp³-hybridized carbons (Fsp3) is 0.0800. The van der Waals surface area contributed by atoms with Gasteiger partial charge in [-0.1, -0.05) is 54.6 Å². The van der Waals surface area contributed by atoms with Crippen LogP contribution in [0.15, 0.2) is 89.9 Å². The summed E-state index contributed by atoms with van der Waals surface area (Å²) in [7, 11) is 0. The van der Waals surface area contributed by atoms with E-state index in [-0.39, 0.29) is 11.5 Å². The second-order valence-corrected chi connectivity index (χ2v) is 7.80. The molecule has 0 fully saturated rings. The fourth-order valence-corrected chi connectivity index (χ4v) is 3.91. The molecule has 0 unspecified atom stereocenters. The third-order valence-corrected chi connectivity index (χ3v) is 5.60. The lowest BCUT2D eigenvalue weighted by atomic mass is 10.1. The van der Waals surface area contributed by atoms with Gasteiger partial charge in [0.1, 0.15) is 17.3 Å². The van der Waals surface area contributed by atoms with Crippen molar-refractivity contribution in [2.75, 3.05) is 6.54 Å². The molecule has 2 aromatic carbocycles. The van der Waals surface area contributed by atoms with Gasteiger partial charge in [-0.05, 0) is 41.6 Å². The Morgan fingerprint density at radius 2 is 1.81 bits per heavy atom. The van der Waals surface area contributed by atoms with Crippen molar-refractivity contribution in [2.45, 2.75) is 6.42 Å².